The SMILES string of the molecule is C=C(CBr)c1csc2ccccc12. The van der Waals surface area contributed by atoms with Gasteiger partial charge in [0.25, 0.3) is 0 Å². The molecule has 0 N–H and O–H groups in total. The molecular weight excluding hydrogens is 244 g/mol. The minimum atomic E-state index is 0.841. The molecule has 13 heavy (non-hydrogen) atoms. The zero-order valence-corrected chi connectivity index (χ0v) is 9.49. The van der Waals surface area contributed by atoms with Gasteiger partial charge in [-0.05, 0) is 28.0 Å². The van der Waals surface area contributed by atoms with Crippen molar-refractivity contribution in [1.29, 1.82) is 0 Å². The van der Waals surface area contributed by atoms with Crippen molar-refractivity contribution in [2.45, 2.75) is 0 Å². The first-order valence-corrected chi connectivity index (χ1v) is 6.03. The highest BCUT2D eigenvalue weighted by atomic mass is 79.9. The van der Waals surface area contributed by atoms with Gasteiger partial charge in [0.2, 0.25) is 0 Å². The van der Waals surface area contributed by atoms with E-state index in [2.05, 4.69) is 52.2 Å². The minimum absolute atomic E-state index is 0.841. The fourth-order valence-electron chi connectivity index (χ4n) is 1.32. The van der Waals surface area contributed by atoms with Crippen molar-refractivity contribution in [3.63, 3.8) is 0 Å². The zero-order valence-electron chi connectivity index (χ0n) is 7.09. The molecule has 2 aromatic rings. The monoisotopic (exact) mass is 252 g/mol. The van der Waals surface area contributed by atoms with Crippen molar-refractivity contribution in [3.8, 4) is 0 Å². The molecule has 0 amide bonds. The second-order valence-corrected chi connectivity index (χ2v) is 4.35. The van der Waals surface area contributed by atoms with Gasteiger partial charge in [0.05, 0.1) is 0 Å². The van der Waals surface area contributed by atoms with Crippen molar-refractivity contribution in [1.82, 2.24) is 0 Å². The van der Waals surface area contributed by atoms with Crippen LogP contribution in [0.25, 0.3) is 15.7 Å². The third kappa shape index (κ3) is 1.56. The maximum absolute atomic E-state index is 4.03. The van der Waals surface area contributed by atoms with Crippen LogP contribution in [0.4, 0.5) is 0 Å². The number of fused-ring (bicyclic) bond motifs is 1. The molecule has 0 nitrogen and oxygen atoms in total. The molecule has 0 aliphatic heterocycles. The predicted molar refractivity (Wildman–Crippen MR) is 64.7 cm³/mol. The lowest BCUT2D eigenvalue weighted by atomic mass is 10.1. The molecule has 0 aliphatic carbocycles. The van der Waals surface area contributed by atoms with E-state index in [4.69, 9.17) is 0 Å². The molecule has 0 fully saturated rings. The average Bonchev–Trinajstić information content (AvgIpc) is 2.60. The summed E-state index contributed by atoms with van der Waals surface area (Å²) in [5, 5.41) is 4.33. The highest BCUT2D eigenvalue weighted by molar-refractivity contribution is 9.09. The third-order valence-electron chi connectivity index (χ3n) is 2.02. The molecule has 0 unspecified atom stereocenters. The van der Waals surface area contributed by atoms with Crippen molar-refractivity contribution >= 4 is 42.9 Å². The summed E-state index contributed by atoms with van der Waals surface area (Å²) in [5.74, 6) is 0. The topological polar surface area (TPSA) is 0 Å². The lowest BCUT2D eigenvalue weighted by molar-refractivity contribution is 1.74. The van der Waals surface area contributed by atoms with E-state index in [9.17, 15) is 0 Å². The largest absolute Gasteiger partial charge is 0.143 e. The van der Waals surface area contributed by atoms with E-state index in [0.29, 0.717) is 0 Å². The molecule has 0 saturated carbocycles. The van der Waals surface area contributed by atoms with Crippen LogP contribution in [0.2, 0.25) is 0 Å². The van der Waals surface area contributed by atoms with Gasteiger partial charge in [-0.15, -0.1) is 11.3 Å². The molecule has 66 valence electrons. The number of rotatable bonds is 2. The Labute approximate surface area is 90.0 Å². The molecule has 0 aliphatic rings. The summed E-state index contributed by atoms with van der Waals surface area (Å²) < 4.78 is 1.33. The van der Waals surface area contributed by atoms with E-state index in [1.807, 2.05) is 0 Å². The van der Waals surface area contributed by atoms with Crippen molar-refractivity contribution < 1.29 is 0 Å². The van der Waals surface area contributed by atoms with E-state index in [-0.39, 0.29) is 0 Å². The van der Waals surface area contributed by atoms with Gasteiger partial charge in [-0.2, -0.15) is 0 Å². The van der Waals surface area contributed by atoms with Gasteiger partial charge in [0.15, 0.2) is 0 Å². The second-order valence-electron chi connectivity index (χ2n) is 2.88. The maximum atomic E-state index is 4.03. The summed E-state index contributed by atoms with van der Waals surface area (Å²) in [6.07, 6.45) is 0. The number of hydrogen-bond acceptors (Lipinski definition) is 1. The smallest absolute Gasteiger partial charge is 0.0349 e. The Bertz CT molecular complexity index is 442. The van der Waals surface area contributed by atoms with Crippen LogP contribution in [0.5, 0.6) is 0 Å². The minimum Gasteiger partial charge on any atom is -0.143 e. The van der Waals surface area contributed by atoms with Crippen molar-refractivity contribution in [2.75, 3.05) is 5.33 Å². The Hall–Kier alpha value is -0.600. The summed E-state index contributed by atoms with van der Waals surface area (Å²) >= 11 is 5.20. The van der Waals surface area contributed by atoms with E-state index < -0.39 is 0 Å². The summed E-state index contributed by atoms with van der Waals surface area (Å²) in [6, 6.07) is 8.43. The third-order valence-corrected chi connectivity index (χ3v) is 3.66. The standard InChI is InChI=1S/C11H9BrS/c1-8(6-12)10-7-13-11-5-3-2-4-9(10)11/h2-5,7H,1,6H2. The first-order chi connectivity index (χ1) is 6.33. The number of alkyl halides is 1. The molecule has 0 atom stereocenters. The Morgan fingerprint density at radius 1 is 1.38 bits per heavy atom. The van der Waals surface area contributed by atoms with Crippen LogP contribution < -0.4 is 0 Å². The molecule has 0 saturated heterocycles. The van der Waals surface area contributed by atoms with Gasteiger partial charge in [0.1, 0.15) is 0 Å². The van der Waals surface area contributed by atoms with E-state index in [0.717, 1.165) is 10.9 Å². The van der Waals surface area contributed by atoms with Crippen LogP contribution in [0.15, 0.2) is 36.2 Å². The Morgan fingerprint density at radius 3 is 2.92 bits per heavy atom. The predicted octanol–water partition coefficient (Wildman–Crippen LogP) is 4.31. The Morgan fingerprint density at radius 2 is 2.15 bits per heavy atom. The molecule has 2 heteroatoms. The lowest BCUT2D eigenvalue weighted by Gasteiger charge is -1.98. The molecule has 1 aromatic carbocycles. The number of hydrogen-bond donors (Lipinski definition) is 0. The van der Waals surface area contributed by atoms with Crippen molar-refractivity contribution in [2.24, 2.45) is 0 Å². The van der Waals surface area contributed by atoms with Gasteiger partial charge in [-0.25, -0.2) is 0 Å². The number of allylic oxidation sites excluding steroid dienone is 1. The van der Waals surface area contributed by atoms with Crippen LogP contribution >= 0.6 is 27.3 Å². The molecule has 2 rings (SSSR count). The Kier molecular flexibility index (Phi) is 2.51. The van der Waals surface area contributed by atoms with Gasteiger partial charge < -0.3 is 0 Å². The van der Waals surface area contributed by atoms with Crippen LogP contribution in [0.3, 0.4) is 0 Å². The molecule has 0 bridgehead atoms. The van der Waals surface area contributed by atoms with Gasteiger partial charge in [-0.1, -0.05) is 40.7 Å². The highest BCUT2D eigenvalue weighted by Gasteiger charge is 2.04. The summed E-state index contributed by atoms with van der Waals surface area (Å²) in [6.45, 7) is 4.03. The van der Waals surface area contributed by atoms with Gasteiger partial charge in [-0.3, -0.25) is 0 Å². The van der Waals surface area contributed by atoms with Crippen LogP contribution in [0, 0.1) is 0 Å². The summed E-state index contributed by atoms with van der Waals surface area (Å²) in [7, 11) is 0. The number of halogens is 1. The maximum Gasteiger partial charge on any atom is 0.0349 e. The zero-order chi connectivity index (χ0) is 9.26. The normalized spacial score (nSPS) is 10.5. The summed E-state index contributed by atoms with van der Waals surface area (Å²) in [5.41, 5.74) is 2.43. The highest BCUT2D eigenvalue weighted by Crippen LogP contribution is 2.30. The first-order valence-electron chi connectivity index (χ1n) is 4.03. The van der Waals surface area contributed by atoms with Crippen molar-refractivity contribution in [3.05, 3.63) is 41.8 Å². The first kappa shape index (κ1) is 8.97. The molecule has 0 radical (unpaired) electrons. The molecular formula is C11H9BrS. The summed E-state index contributed by atoms with van der Waals surface area (Å²) in [4.78, 5) is 0. The van der Waals surface area contributed by atoms with Gasteiger partial charge in [0, 0.05) is 10.0 Å². The van der Waals surface area contributed by atoms with Gasteiger partial charge >= 0.3 is 0 Å². The van der Waals surface area contributed by atoms with E-state index in [1.54, 1.807) is 11.3 Å². The Balaban J connectivity index is 2.64. The molecule has 0 spiro atoms. The molecule has 1 heterocycles. The van der Waals surface area contributed by atoms with Crippen LogP contribution in [-0.2, 0) is 0 Å². The molecule has 1 aromatic heterocycles. The number of benzene rings is 1. The fraction of sp³-hybridized carbons (Fsp3) is 0.0909. The average molecular weight is 253 g/mol. The van der Waals surface area contributed by atoms with Crippen LogP contribution in [0.1, 0.15) is 5.56 Å². The van der Waals surface area contributed by atoms with E-state index >= 15 is 0 Å². The van der Waals surface area contributed by atoms with Crippen LogP contribution in [-0.4, -0.2) is 5.33 Å². The van der Waals surface area contributed by atoms with E-state index in [1.165, 1.54) is 15.6 Å². The quantitative estimate of drug-likeness (QED) is 0.699. The second kappa shape index (κ2) is 3.64. The lowest BCUT2D eigenvalue weighted by Crippen LogP contribution is -1.79. The fourth-order valence-corrected chi connectivity index (χ4v) is 2.63. The number of thiophene rings is 1.